The maximum atomic E-state index is 13.5. The number of rotatable bonds is 4. The number of nitrogens with zero attached hydrogens (tertiary/aromatic N) is 2. The molecule has 3 aromatic rings. The summed E-state index contributed by atoms with van der Waals surface area (Å²) in [5, 5.41) is 1.31. The lowest BCUT2D eigenvalue weighted by molar-refractivity contribution is -0.134. The minimum atomic E-state index is -0.301. The van der Waals surface area contributed by atoms with E-state index in [4.69, 9.17) is 32.7 Å². The van der Waals surface area contributed by atoms with Crippen LogP contribution in [0.25, 0.3) is 10.9 Å². The summed E-state index contributed by atoms with van der Waals surface area (Å²) in [5.74, 6) is 0.352. The maximum Gasteiger partial charge on any atom is 0.264 e. The van der Waals surface area contributed by atoms with Gasteiger partial charge in [-0.3, -0.25) is 14.2 Å². The van der Waals surface area contributed by atoms with Crippen molar-refractivity contribution in [3.8, 4) is 5.75 Å². The lowest BCUT2D eigenvalue weighted by Crippen LogP contribution is -2.41. The molecule has 8 heteroatoms. The third-order valence-electron chi connectivity index (χ3n) is 5.62. The van der Waals surface area contributed by atoms with E-state index >= 15 is 0 Å². The summed E-state index contributed by atoms with van der Waals surface area (Å²) < 4.78 is 12.3. The average molecular weight is 461 g/mol. The van der Waals surface area contributed by atoms with Crippen molar-refractivity contribution in [2.45, 2.75) is 13.3 Å². The molecule has 0 unspecified atom stereocenters. The van der Waals surface area contributed by atoms with Gasteiger partial charge >= 0.3 is 0 Å². The molecule has 0 atom stereocenters. The number of methoxy groups -OCH3 is 1. The third-order valence-corrected chi connectivity index (χ3v) is 6.44. The number of aromatic nitrogens is 1. The molecule has 6 nitrogen and oxygen atoms in total. The molecule has 0 radical (unpaired) electrons. The van der Waals surface area contributed by atoms with Crippen molar-refractivity contribution < 1.29 is 19.1 Å². The number of hydrogen-bond donors (Lipinski definition) is 0. The van der Waals surface area contributed by atoms with Crippen molar-refractivity contribution in [2.24, 2.45) is 0 Å². The number of carbonyl (C=O) groups excluding carboxylic acids is 2. The van der Waals surface area contributed by atoms with Gasteiger partial charge < -0.3 is 14.4 Å². The fourth-order valence-corrected chi connectivity index (χ4v) is 4.32. The van der Waals surface area contributed by atoms with Crippen LogP contribution >= 0.6 is 23.2 Å². The molecule has 0 N–H and O–H groups in total. The van der Waals surface area contributed by atoms with Crippen LogP contribution < -0.4 is 4.74 Å². The van der Waals surface area contributed by atoms with Crippen LogP contribution in [0.2, 0.25) is 10.0 Å². The lowest BCUT2D eigenvalue weighted by atomic mass is 10.1. The third kappa shape index (κ3) is 4.03. The SMILES string of the molecule is COc1ccc2c(c1)c(CC(=O)N1CCOCC1)c(C)n2C(=O)c1cccc(Cl)c1Cl. The zero-order chi connectivity index (χ0) is 22.1. The molecule has 1 fully saturated rings. The maximum absolute atomic E-state index is 13.5. The molecular formula is C23H22Cl2N2O4. The predicted octanol–water partition coefficient (Wildman–Crippen LogP) is 4.35. The van der Waals surface area contributed by atoms with Crippen LogP contribution in [-0.4, -0.2) is 54.7 Å². The summed E-state index contributed by atoms with van der Waals surface area (Å²) in [6.45, 7) is 4.04. The number of amides is 1. The standard InChI is InChI=1S/C23H22Cl2N2O4/c1-14-17(13-21(28)26-8-10-31-11-9-26)18-12-15(30-2)6-7-20(18)27(14)23(29)16-4-3-5-19(24)22(16)25/h3-7,12H,8-11,13H2,1-2H3. The second-order valence-electron chi connectivity index (χ2n) is 7.36. The lowest BCUT2D eigenvalue weighted by Gasteiger charge is -2.27. The number of morpholine rings is 1. The van der Waals surface area contributed by atoms with Crippen molar-refractivity contribution in [1.82, 2.24) is 9.47 Å². The topological polar surface area (TPSA) is 60.8 Å². The van der Waals surface area contributed by atoms with E-state index in [9.17, 15) is 9.59 Å². The Balaban J connectivity index is 1.82. The van der Waals surface area contributed by atoms with Crippen LogP contribution in [0.1, 0.15) is 21.6 Å². The number of ether oxygens (including phenoxy) is 2. The van der Waals surface area contributed by atoms with Crippen molar-refractivity contribution in [2.75, 3.05) is 33.4 Å². The highest BCUT2D eigenvalue weighted by Gasteiger charge is 2.25. The summed E-state index contributed by atoms with van der Waals surface area (Å²) >= 11 is 12.5. The Morgan fingerprint density at radius 2 is 1.87 bits per heavy atom. The van der Waals surface area contributed by atoms with Gasteiger partial charge in [0.1, 0.15) is 5.75 Å². The van der Waals surface area contributed by atoms with Crippen LogP contribution in [0.15, 0.2) is 36.4 Å². The van der Waals surface area contributed by atoms with Crippen molar-refractivity contribution in [3.63, 3.8) is 0 Å². The van der Waals surface area contributed by atoms with Gasteiger partial charge in [-0.25, -0.2) is 0 Å². The normalized spacial score (nSPS) is 14.1. The number of benzene rings is 2. The highest BCUT2D eigenvalue weighted by Crippen LogP contribution is 2.33. The molecule has 0 spiro atoms. The van der Waals surface area contributed by atoms with E-state index in [1.807, 2.05) is 19.1 Å². The smallest absolute Gasteiger partial charge is 0.264 e. The van der Waals surface area contributed by atoms with E-state index in [-0.39, 0.29) is 23.3 Å². The molecule has 4 rings (SSSR count). The van der Waals surface area contributed by atoms with E-state index in [0.29, 0.717) is 53.8 Å². The van der Waals surface area contributed by atoms with Gasteiger partial charge in [0.05, 0.1) is 47.9 Å². The number of hydrogen-bond acceptors (Lipinski definition) is 4. The zero-order valence-corrected chi connectivity index (χ0v) is 18.8. The molecule has 2 heterocycles. The minimum Gasteiger partial charge on any atom is -0.497 e. The molecule has 0 saturated carbocycles. The quantitative estimate of drug-likeness (QED) is 0.580. The first-order valence-corrected chi connectivity index (χ1v) is 10.7. The van der Waals surface area contributed by atoms with Crippen molar-refractivity contribution in [1.29, 1.82) is 0 Å². The molecule has 1 amide bonds. The van der Waals surface area contributed by atoms with Gasteiger partial charge in [0.25, 0.3) is 5.91 Å². The Kier molecular flexibility index (Phi) is 6.23. The number of carbonyl (C=O) groups is 2. The molecule has 31 heavy (non-hydrogen) atoms. The molecule has 0 aliphatic carbocycles. The molecule has 2 aromatic carbocycles. The van der Waals surface area contributed by atoms with Gasteiger partial charge in [-0.1, -0.05) is 29.3 Å². The Bertz CT molecular complexity index is 1170. The molecule has 1 aliphatic heterocycles. The van der Waals surface area contributed by atoms with E-state index in [2.05, 4.69) is 0 Å². The second kappa shape index (κ2) is 8.91. The fraction of sp³-hybridized carbons (Fsp3) is 0.304. The largest absolute Gasteiger partial charge is 0.497 e. The fourth-order valence-electron chi connectivity index (χ4n) is 3.94. The Hall–Kier alpha value is -2.54. The van der Waals surface area contributed by atoms with Gasteiger partial charge in [-0.2, -0.15) is 0 Å². The van der Waals surface area contributed by atoms with Crippen LogP contribution in [0.3, 0.4) is 0 Å². The highest BCUT2D eigenvalue weighted by molar-refractivity contribution is 6.44. The number of halogens is 2. The average Bonchev–Trinajstić information content (AvgIpc) is 3.06. The predicted molar refractivity (Wildman–Crippen MR) is 121 cm³/mol. The highest BCUT2D eigenvalue weighted by atomic mass is 35.5. The molecular weight excluding hydrogens is 439 g/mol. The van der Waals surface area contributed by atoms with Crippen molar-refractivity contribution in [3.05, 3.63) is 63.3 Å². The summed E-state index contributed by atoms with van der Waals surface area (Å²) in [5.41, 5.74) is 2.46. The first kappa shape index (κ1) is 21.7. The van der Waals surface area contributed by atoms with E-state index in [1.54, 1.807) is 40.8 Å². The Morgan fingerprint density at radius 1 is 1.13 bits per heavy atom. The van der Waals surface area contributed by atoms with Gasteiger partial charge in [0.2, 0.25) is 5.91 Å². The second-order valence-corrected chi connectivity index (χ2v) is 8.14. The van der Waals surface area contributed by atoms with Crippen LogP contribution in [0, 0.1) is 6.92 Å². The molecule has 1 saturated heterocycles. The summed E-state index contributed by atoms with van der Waals surface area (Å²) in [7, 11) is 1.58. The van der Waals surface area contributed by atoms with Gasteiger partial charge in [-0.15, -0.1) is 0 Å². The van der Waals surface area contributed by atoms with Crippen molar-refractivity contribution >= 4 is 45.9 Å². The van der Waals surface area contributed by atoms with Crippen LogP contribution in [-0.2, 0) is 16.0 Å². The van der Waals surface area contributed by atoms with Crippen LogP contribution in [0.4, 0.5) is 0 Å². The first-order valence-electron chi connectivity index (χ1n) is 9.94. The Morgan fingerprint density at radius 3 is 2.58 bits per heavy atom. The summed E-state index contributed by atoms with van der Waals surface area (Å²) in [6, 6.07) is 10.4. The molecule has 1 aromatic heterocycles. The van der Waals surface area contributed by atoms with E-state index in [0.717, 1.165) is 10.9 Å². The minimum absolute atomic E-state index is 0.00140. The van der Waals surface area contributed by atoms with Gasteiger partial charge in [0.15, 0.2) is 0 Å². The molecule has 1 aliphatic rings. The molecule has 162 valence electrons. The van der Waals surface area contributed by atoms with E-state index < -0.39 is 0 Å². The van der Waals surface area contributed by atoms with Gasteiger partial charge in [-0.05, 0) is 42.8 Å². The van der Waals surface area contributed by atoms with Gasteiger partial charge in [0, 0.05) is 24.2 Å². The summed E-state index contributed by atoms with van der Waals surface area (Å²) in [4.78, 5) is 28.3. The van der Waals surface area contributed by atoms with E-state index in [1.165, 1.54) is 0 Å². The summed E-state index contributed by atoms with van der Waals surface area (Å²) in [6.07, 6.45) is 0.180. The molecule has 0 bridgehead atoms. The number of fused-ring (bicyclic) bond motifs is 1. The Labute approximate surface area is 190 Å². The zero-order valence-electron chi connectivity index (χ0n) is 17.3. The monoisotopic (exact) mass is 460 g/mol. The van der Waals surface area contributed by atoms with Crippen LogP contribution in [0.5, 0.6) is 5.75 Å². The first-order chi connectivity index (χ1) is 14.9.